The Balaban J connectivity index is 2.06. The minimum atomic E-state index is 0.111. The van der Waals surface area contributed by atoms with Crippen LogP contribution in [-0.2, 0) is 6.42 Å². The van der Waals surface area contributed by atoms with Gasteiger partial charge in [0.2, 0.25) is 0 Å². The molecule has 3 rings (SSSR count). The minimum Gasteiger partial charge on any atom is -0.508 e. The van der Waals surface area contributed by atoms with Gasteiger partial charge in [0.25, 0.3) is 0 Å². The smallest absolute Gasteiger partial charge is 0.125 e. The van der Waals surface area contributed by atoms with Crippen LogP contribution in [0.2, 0.25) is 0 Å². The van der Waals surface area contributed by atoms with E-state index in [-0.39, 0.29) is 6.04 Å². The third kappa shape index (κ3) is 1.49. The van der Waals surface area contributed by atoms with E-state index >= 15 is 0 Å². The number of hydrogen-bond acceptors (Lipinski definition) is 3. The molecule has 3 nitrogen and oxygen atoms in total. The van der Waals surface area contributed by atoms with Crippen molar-refractivity contribution in [1.82, 2.24) is 5.32 Å². The summed E-state index contributed by atoms with van der Waals surface area (Å²) < 4.78 is 5.44. The number of fused-ring (bicyclic) bond motifs is 1. The van der Waals surface area contributed by atoms with Gasteiger partial charge in [0, 0.05) is 6.54 Å². The fraction of sp³-hybridized carbons (Fsp3) is 0.231. The van der Waals surface area contributed by atoms with Crippen molar-refractivity contribution in [3.8, 4) is 5.75 Å². The zero-order valence-electron chi connectivity index (χ0n) is 8.81. The summed E-state index contributed by atoms with van der Waals surface area (Å²) in [4.78, 5) is 0. The molecular formula is C13H13NO2. The topological polar surface area (TPSA) is 45.4 Å². The monoisotopic (exact) mass is 215 g/mol. The first-order chi connectivity index (χ1) is 7.84. The van der Waals surface area contributed by atoms with Crippen molar-refractivity contribution in [2.75, 3.05) is 6.54 Å². The number of aromatic hydroxyl groups is 1. The Morgan fingerprint density at radius 1 is 1.31 bits per heavy atom. The highest BCUT2D eigenvalue weighted by Crippen LogP contribution is 2.30. The molecule has 0 fully saturated rings. The summed E-state index contributed by atoms with van der Waals surface area (Å²) in [5.74, 6) is 1.26. The van der Waals surface area contributed by atoms with Gasteiger partial charge in [-0.1, -0.05) is 6.07 Å². The van der Waals surface area contributed by atoms with E-state index in [9.17, 15) is 5.11 Å². The van der Waals surface area contributed by atoms with Gasteiger partial charge in [-0.15, -0.1) is 0 Å². The number of phenolic OH excluding ortho intramolecular Hbond substituents is 1. The van der Waals surface area contributed by atoms with E-state index in [1.807, 2.05) is 24.3 Å². The normalized spacial score (nSPS) is 19.4. The highest BCUT2D eigenvalue weighted by atomic mass is 16.3. The lowest BCUT2D eigenvalue weighted by molar-refractivity contribution is 0.432. The average Bonchev–Trinajstić information content (AvgIpc) is 2.81. The molecular weight excluding hydrogens is 202 g/mol. The zero-order valence-corrected chi connectivity index (χ0v) is 8.81. The third-order valence-corrected chi connectivity index (χ3v) is 3.01. The van der Waals surface area contributed by atoms with E-state index in [0.29, 0.717) is 5.75 Å². The van der Waals surface area contributed by atoms with Crippen LogP contribution in [0.1, 0.15) is 22.9 Å². The van der Waals surface area contributed by atoms with Gasteiger partial charge in [0.05, 0.1) is 12.3 Å². The third-order valence-electron chi connectivity index (χ3n) is 3.01. The number of rotatable bonds is 1. The minimum absolute atomic E-state index is 0.111. The Bertz CT molecular complexity index is 491. The van der Waals surface area contributed by atoms with Gasteiger partial charge in [0.1, 0.15) is 11.5 Å². The summed E-state index contributed by atoms with van der Waals surface area (Å²) in [6.45, 7) is 0.905. The standard InChI is InChI=1S/C13H13NO2/c15-10-3-4-11-9(8-10)5-6-14-13(11)12-2-1-7-16-12/h1-4,7-8,13-15H,5-6H2. The van der Waals surface area contributed by atoms with Crippen molar-refractivity contribution in [2.45, 2.75) is 12.5 Å². The lowest BCUT2D eigenvalue weighted by Gasteiger charge is -2.25. The summed E-state index contributed by atoms with van der Waals surface area (Å²) >= 11 is 0. The van der Waals surface area contributed by atoms with Crippen LogP contribution in [0.3, 0.4) is 0 Å². The molecule has 1 aliphatic heterocycles. The van der Waals surface area contributed by atoms with E-state index in [0.717, 1.165) is 18.7 Å². The molecule has 1 unspecified atom stereocenters. The highest BCUT2D eigenvalue weighted by Gasteiger charge is 2.23. The molecule has 1 aromatic heterocycles. The largest absolute Gasteiger partial charge is 0.508 e. The van der Waals surface area contributed by atoms with E-state index in [4.69, 9.17) is 4.42 Å². The van der Waals surface area contributed by atoms with Crippen molar-refractivity contribution in [3.63, 3.8) is 0 Å². The second kappa shape index (κ2) is 3.68. The second-order valence-electron chi connectivity index (χ2n) is 4.04. The molecule has 1 aliphatic rings. The molecule has 82 valence electrons. The SMILES string of the molecule is Oc1ccc2c(c1)CCNC2c1ccco1. The second-order valence-corrected chi connectivity index (χ2v) is 4.04. The van der Waals surface area contributed by atoms with Crippen LogP contribution in [0.25, 0.3) is 0 Å². The molecule has 1 aromatic carbocycles. The van der Waals surface area contributed by atoms with Crippen LogP contribution in [0, 0.1) is 0 Å². The van der Waals surface area contributed by atoms with Crippen molar-refractivity contribution < 1.29 is 9.52 Å². The molecule has 0 spiro atoms. The maximum absolute atomic E-state index is 9.46. The van der Waals surface area contributed by atoms with Crippen molar-refractivity contribution >= 4 is 0 Å². The lowest BCUT2D eigenvalue weighted by Crippen LogP contribution is -2.30. The molecule has 0 saturated heterocycles. The Labute approximate surface area is 93.7 Å². The summed E-state index contributed by atoms with van der Waals surface area (Å²) in [5, 5.41) is 12.9. The summed E-state index contributed by atoms with van der Waals surface area (Å²) in [6, 6.07) is 9.50. The van der Waals surface area contributed by atoms with E-state index in [2.05, 4.69) is 5.32 Å². The summed E-state index contributed by atoms with van der Waals surface area (Å²) in [5.41, 5.74) is 2.39. The van der Waals surface area contributed by atoms with Crippen molar-refractivity contribution in [1.29, 1.82) is 0 Å². The Morgan fingerprint density at radius 3 is 3.06 bits per heavy atom. The highest BCUT2D eigenvalue weighted by molar-refractivity contribution is 5.41. The van der Waals surface area contributed by atoms with Crippen LogP contribution in [0.5, 0.6) is 5.75 Å². The Hall–Kier alpha value is -1.74. The van der Waals surface area contributed by atoms with Gasteiger partial charge in [-0.05, 0) is 41.8 Å². The molecule has 0 bridgehead atoms. The Morgan fingerprint density at radius 2 is 2.25 bits per heavy atom. The molecule has 2 N–H and O–H groups in total. The van der Waals surface area contributed by atoms with Gasteiger partial charge in [0.15, 0.2) is 0 Å². The van der Waals surface area contributed by atoms with Crippen LogP contribution < -0.4 is 5.32 Å². The predicted molar refractivity (Wildman–Crippen MR) is 60.4 cm³/mol. The maximum atomic E-state index is 9.46. The molecule has 2 heterocycles. The molecule has 0 aliphatic carbocycles. The first-order valence-electron chi connectivity index (χ1n) is 5.43. The zero-order chi connectivity index (χ0) is 11.0. The number of furan rings is 1. The lowest BCUT2D eigenvalue weighted by atomic mass is 9.93. The first-order valence-corrected chi connectivity index (χ1v) is 5.43. The van der Waals surface area contributed by atoms with E-state index < -0.39 is 0 Å². The molecule has 1 atom stereocenters. The average molecular weight is 215 g/mol. The number of hydrogen-bond donors (Lipinski definition) is 2. The van der Waals surface area contributed by atoms with Gasteiger partial charge in [-0.2, -0.15) is 0 Å². The summed E-state index contributed by atoms with van der Waals surface area (Å²) in [7, 11) is 0. The maximum Gasteiger partial charge on any atom is 0.125 e. The van der Waals surface area contributed by atoms with Crippen molar-refractivity contribution in [2.24, 2.45) is 0 Å². The molecule has 16 heavy (non-hydrogen) atoms. The van der Waals surface area contributed by atoms with Gasteiger partial charge >= 0.3 is 0 Å². The number of nitrogens with one attached hydrogen (secondary N) is 1. The molecule has 0 saturated carbocycles. The van der Waals surface area contributed by atoms with Crippen LogP contribution in [0.15, 0.2) is 41.0 Å². The van der Waals surface area contributed by atoms with Gasteiger partial charge in [-0.25, -0.2) is 0 Å². The molecule has 0 radical (unpaired) electrons. The van der Waals surface area contributed by atoms with Crippen molar-refractivity contribution in [3.05, 3.63) is 53.5 Å². The van der Waals surface area contributed by atoms with Gasteiger partial charge < -0.3 is 14.8 Å². The number of phenols is 1. The van der Waals surface area contributed by atoms with E-state index in [1.54, 1.807) is 12.3 Å². The fourth-order valence-electron chi connectivity index (χ4n) is 2.26. The predicted octanol–water partition coefficient (Wildman–Crippen LogP) is 2.22. The molecule has 0 amide bonds. The summed E-state index contributed by atoms with van der Waals surface area (Å²) in [6.07, 6.45) is 2.63. The molecule has 3 heteroatoms. The Kier molecular flexibility index (Phi) is 2.18. The molecule has 2 aromatic rings. The number of benzene rings is 1. The first kappa shape index (κ1) is 9.48. The van der Waals surface area contributed by atoms with E-state index in [1.165, 1.54) is 11.1 Å². The van der Waals surface area contributed by atoms with Crippen LogP contribution in [-0.4, -0.2) is 11.7 Å². The van der Waals surface area contributed by atoms with Gasteiger partial charge in [-0.3, -0.25) is 0 Å². The van der Waals surface area contributed by atoms with Crippen LogP contribution >= 0.6 is 0 Å². The van der Waals surface area contributed by atoms with Crippen LogP contribution in [0.4, 0.5) is 0 Å². The quantitative estimate of drug-likeness (QED) is 0.766. The fourth-order valence-corrected chi connectivity index (χ4v) is 2.26.